The fourth-order valence-corrected chi connectivity index (χ4v) is 4.58. The van der Waals surface area contributed by atoms with Gasteiger partial charge in [0.1, 0.15) is 5.75 Å². The highest BCUT2D eigenvalue weighted by molar-refractivity contribution is 7.89. The minimum absolute atomic E-state index is 0.0113. The highest BCUT2D eigenvalue weighted by Crippen LogP contribution is 2.26. The van der Waals surface area contributed by atoms with E-state index in [1.54, 1.807) is 0 Å². The third-order valence-corrected chi connectivity index (χ3v) is 6.59. The first-order valence-corrected chi connectivity index (χ1v) is 11.3. The third kappa shape index (κ3) is 5.13. The average molecular weight is 422 g/mol. The second-order valence-corrected chi connectivity index (χ2v) is 9.20. The lowest BCUT2D eigenvalue weighted by Crippen LogP contribution is -2.34. The second kappa shape index (κ2) is 9.07. The quantitative estimate of drug-likeness (QED) is 0.513. The van der Waals surface area contributed by atoms with Crippen molar-refractivity contribution >= 4 is 27.6 Å². The van der Waals surface area contributed by atoms with Gasteiger partial charge in [-0.15, -0.1) is 0 Å². The monoisotopic (exact) mass is 421 g/mol. The van der Waals surface area contributed by atoms with Gasteiger partial charge in [0.15, 0.2) is 0 Å². The molecule has 0 spiro atoms. The van der Waals surface area contributed by atoms with Gasteiger partial charge in [-0.05, 0) is 73.2 Å². The van der Waals surface area contributed by atoms with Crippen LogP contribution in [-0.4, -0.2) is 20.9 Å². The summed E-state index contributed by atoms with van der Waals surface area (Å²) >= 11 is 5.81. The molecule has 0 saturated heterocycles. The van der Waals surface area contributed by atoms with E-state index < -0.39 is 21.9 Å². The molecule has 7 heteroatoms. The summed E-state index contributed by atoms with van der Waals surface area (Å²) in [4.78, 5) is 12.7. The van der Waals surface area contributed by atoms with E-state index in [4.69, 9.17) is 16.3 Å². The molecule has 0 heterocycles. The van der Waals surface area contributed by atoms with Gasteiger partial charge in [-0.25, -0.2) is 13.1 Å². The number of benzene rings is 2. The predicted octanol–water partition coefficient (Wildman–Crippen LogP) is 4.13. The maximum absolute atomic E-state index is 12.6. The first-order chi connectivity index (χ1) is 13.4. The van der Waals surface area contributed by atoms with Crippen LogP contribution in [0, 0.1) is 5.92 Å². The van der Waals surface area contributed by atoms with Crippen LogP contribution < -0.4 is 9.46 Å². The molecule has 1 aliphatic carbocycles. The maximum Gasteiger partial charge on any atom is 0.315 e. The minimum atomic E-state index is -3.72. The van der Waals surface area contributed by atoms with Crippen molar-refractivity contribution < 1.29 is 17.9 Å². The van der Waals surface area contributed by atoms with Crippen LogP contribution in [0.3, 0.4) is 0 Å². The molecule has 0 bridgehead atoms. The standard InChI is InChI=1S/C21H24ClNO4S/c1-2-4-17(14-23-28(25,26)20-11-8-18(22)9-12-20)21(24)27-19-10-7-15-5-3-6-16(15)13-19/h7-13,17,23H,2-6,14H2,1H3. The number of nitrogens with one attached hydrogen (secondary N) is 1. The van der Waals surface area contributed by atoms with Crippen LogP contribution in [-0.2, 0) is 27.7 Å². The number of fused-ring (bicyclic) bond motifs is 1. The summed E-state index contributed by atoms with van der Waals surface area (Å²) in [7, 11) is -3.72. The molecule has 0 aromatic heterocycles. The molecular weight excluding hydrogens is 398 g/mol. The smallest absolute Gasteiger partial charge is 0.315 e. The van der Waals surface area contributed by atoms with E-state index in [0.29, 0.717) is 17.2 Å². The van der Waals surface area contributed by atoms with Crippen LogP contribution in [0.25, 0.3) is 0 Å². The van der Waals surface area contributed by atoms with Crippen LogP contribution in [0.1, 0.15) is 37.3 Å². The van der Waals surface area contributed by atoms with Crippen molar-refractivity contribution in [1.82, 2.24) is 4.72 Å². The highest BCUT2D eigenvalue weighted by atomic mass is 35.5. The van der Waals surface area contributed by atoms with Crippen LogP contribution in [0.2, 0.25) is 5.02 Å². The molecule has 0 saturated carbocycles. The molecule has 28 heavy (non-hydrogen) atoms. The Kier molecular flexibility index (Phi) is 6.75. The van der Waals surface area contributed by atoms with E-state index in [2.05, 4.69) is 4.72 Å². The number of sulfonamides is 1. The molecule has 1 N–H and O–H groups in total. The van der Waals surface area contributed by atoms with Gasteiger partial charge in [0.2, 0.25) is 10.0 Å². The Morgan fingerprint density at radius 3 is 2.57 bits per heavy atom. The van der Waals surface area contributed by atoms with Crippen molar-refractivity contribution in [3.8, 4) is 5.75 Å². The number of hydrogen-bond donors (Lipinski definition) is 1. The largest absolute Gasteiger partial charge is 0.426 e. The second-order valence-electron chi connectivity index (χ2n) is 7.00. The fraction of sp³-hybridized carbons (Fsp3) is 0.381. The molecule has 2 aromatic carbocycles. The van der Waals surface area contributed by atoms with Gasteiger partial charge in [0.25, 0.3) is 0 Å². The van der Waals surface area contributed by atoms with Crippen LogP contribution in [0.15, 0.2) is 47.4 Å². The van der Waals surface area contributed by atoms with Crippen molar-refractivity contribution in [3.63, 3.8) is 0 Å². The van der Waals surface area contributed by atoms with Crippen molar-refractivity contribution in [2.75, 3.05) is 6.54 Å². The first kappa shape index (κ1) is 20.8. The van der Waals surface area contributed by atoms with E-state index in [9.17, 15) is 13.2 Å². The number of aryl methyl sites for hydroxylation is 2. The number of carbonyl (C=O) groups is 1. The van der Waals surface area contributed by atoms with E-state index in [1.165, 1.54) is 35.4 Å². The van der Waals surface area contributed by atoms with Gasteiger partial charge in [-0.1, -0.05) is 31.0 Å². The highest BCUT2D eigenvalue weighted by Gasteiger charge is 2.24. The zero-order valence-electron chi connectivity index (χ0n) is 15.8. The minimum Gasteiger partial charge on any atom is -0.426 e. The Bertz CT molecular complexity index is 941. The number of hydrogen-bond acceptors (Lipinski definition) is 4. The van der Waals surface area contributed by atoms with Gasteiger partial charge in [0, 0.05) is 11.6 Å². The summed E-state index contributed by atoms with van der Waals surface area (Å²) in [6.45, 7) is 1.94. The molecule has 2 aromatic rings. The molecule has 5 nitrogen and oxygen atoms in total. The normalized spacial score (nSPS) is 14.5. The van der Waals surface area contributed by atoms with Crippen molar-refractivity contribution in [1.29, 1.82) is 0 Å². The summed E-state index contributed by atoms with van der Waals surface area (Å²) in [5.41, 5.74) is 2.53. The topological polar surface area (TPSA) is 72.5 Å². The molecule has 0 aliphatic heterocycles. The number of halogens is 1. The Morgan fingerprint density at radius 2 is 1.86 bits per heavy atom. The SMILES string of the molecule is CCCC(CNS(=O)(=O)c1ccc(Cl)cc1)C(=O)Oc1ccc2c(c1)CCC2. The summed E-state index contributed by atoms with van der Waals surface area (Å²) in [6.07, 6.45) is 4.46. The van der Waals surface area contributed by atoms with Gasteiger partial charge in [-0.3, -0.25) is 4.79 Å². The van der Waals surface area contributed by atoms with Crippen LogP contribution in [0.5, 0.6) is 5.75 Å². The van der Waals surface area contributed by atoms with Crippen LogP contribution in [0.4, 0.5) is 0 Å². The van der Waals surface area contributed by atoms with E-state index in [-0.39, 0.29) is 11.4 Å². The fourth-order valence-electron chi connectivity index (χ4n) is 3.37. The molecule has 1 aliphatic rings. The predicted molar refractivity (Wildman–Crippen MR) is 109 cm³/mol. The average Bonchev–Trinajstić information content (AvgIpc) is 3.13. The zero-order valence-corrected chi connectivity index (χ0v) is 17.4. The first-order valence-electron chi connectivity index (χ1n) is 9.48. The lowest BCUT2D eigenvalue weighted by molar-refractivity contribution is -0.138. The maximum atomic E-state index is 12.6. The molecule has 150 valence electrons. The van der Waals surface area contributed by atoms with Crippen molar-refractivity contribution in [2.24, 2.45) is 5.92 Å². The number of esters is 1. The Morgan fingerprint density at radius 1 is 1.14 bits per heavy atom. The number of ether oxygens (including phenoxy) is 1. The third-order valence-electron chi connectivity index (χ3n) is 4.90. The summed E-state index contributed by atoms with van der Waals surface area (Å²) in [5.74, 6) is -0.453. The molecule has 0 fully saturated rings. The molecule has 1 unspecified atom stereocenters. The summed E-state index contributed by atoms with van der Waals surface area (Å²) in [5, 5.41) is 0.459. The molecule has 1 atom stereocenters. The van der Waals surface area contributed by atoms with Gasteiger partial charge in [-0.2, -0.15) is 0 Å². The summed E-state index contributed by atoms with van der Waals surface area (Å²) in [6, 6.07) is 11.6. The molecule has 0 amide bonds. The lowest BCUT2D eigenvalue weighted by atomic mass is 10.0. The number of rotatable bonds is 8. The van der Waals surface area contributed by atoms with E-state index in [0.717, 1.165) is 25.7 Å². The Balaban J connectivity index is 1.65. The van der Waals surface area contributed by atoms with E-state index in [1.807, 2.05) is 25.1 Å². The molecule has 0 radical (unpaired) electrons. The van der Waals surface area contributed by atoms with Crippen molar-refractivity contribution in [3.05, 3.63) is 58.6 Å². The van der Waals surface area contributed by atoms with Gasteiger partial charge >= 0.3 is 5.97 Å². The van der Waals surface area contributed by atoms with Crippen LogP contribution >= 0.6 is 11.6 Å². The van der Waals surface area contributed by atoms with Gasteiger partial charge < -0.3 is 4.74 Å². The molecule has 3 rings (SSSR count). The summed E-state index contributed by atoms with van der Waals surface area (Å²) < 4.78 is 33.0. The Labute approximate surface area is 171 Å². The zero-order chi connectivity index (χ0) is 20.1. The molecular formula is C21H24ClNO4S. The number of carbonyl (C=O) groups excluding carboxylic acids is 1. The lowest BCUT2D eigenvalue weighted by Gasteiger charge is -2.16. The van der Waals surface area contributed by atoms with Gasteiger partial charge in [0.05, 0.1) is 10.8 Å². The van der Waals surface area contributed by atoms with Crippen molar-refractivity contribution in [2.45, 2.75) is 43.9 Å². The van der Waals surface area contributed by atoms with E-state index >= 15 is 0 Å². The Hall–Kier alpha value is -1.89.